The number of hydrogen-bond acceptors (Lipinski definition) is 4. The third-order valence-electron chi connectivity index (χ3n) is 5.16. The van der Waals surface area contributed by atoms with E-state index in [1.165, 1.54) is 6.92 Å². The Hall–Kier alpha value is -3.29. The molecule has 3 rings (SSSR count). The van der Waals surface area contributed by atoms with Gasteiger partial charge in [-0.25, -0.2) is 4.39 Å². The van der Waals surface area contributed by atoms with E-state index in [-0.39, 0.29) is 5.57 Å². The Morgan fingerprint density at radius 3 is 2.47 bits per heavy atom. The summed E-state index contributed by atoms with van der Waals surface area (Å²) in [5.41, 5.74) is 10.9. The molecule has 0 radical (unpaired) electrons. The van der Waals surface area contributed by atoms with E-state index in [1.807, 2.05) is 36.4 Å². The number of halogens is 2. The Balaban J connectivity index is 1.85. The monoisotopic (exact) mass is 495 g/mol. The van der Waals surface area contributed by atoms with Gasteiger partial charge >= 0.3 is 0 Å². The number of nitrogens with one attached hydrogen (secondary N) is 1. The van der Waals surface area contributed by atoms with Crippen LogP contribution in [0.4, 0.5) is 10.1 Å². The van der Waals surface area contributed by atoms with Crippen LogP contribution in [0, 0.1) is 0 Å². The van der Waals surface area contributed by atoms with Crippen molar-refractivity contribution in [2.24, 2.45) is 10.9 Å². The van der Waals surface area contributed by atoms with Crippen molar-refractivity contribution >= 4 is 38.8 Å². The highest BCUT2D eigenvalue weighted by molar-refractivity contribution is 9.10. The lowest BCUT2D eigenvalue weighted by atomic mass is 9.99. The Kier molecular flexibility index (Phi) is 7.56. The molecule has 7 heteroatoms. The van der Waals surface area contributed by atoms with E-state index in [9.17, 15) is 9.18 Å². The van der Waals surface area contributed by atoms with Crippen molar-refractivity contribution in [3.8, 4) is 11.1 Å². The molecular formula is C25H23BrFN3O2. The number of allylic oxidation sites excluding steroid dienone is 1. The number of anilines is 1. The normalized spacial score (nSPS) is 12.3. The van der Waals surface area contributed by atoms with Gasteiger partial charge in [-0.05, 0) is 81.4 Å². The van der Waals surface area contributed by atoms with E-state index >= 15 is 0 Å². The lowest BCUT2D eigenvalue weighted by molar-refractivity contribution is -0.114. The predicted molar refractivity (Wildman–Crippen MR) is 130 cm³/mol. The van der Waals surface area contributed by atoms with Crippen molar-refractivity contribution in [2.45, 2.75) is 20.4 Å². The average Bonchev–Trinajstić information content (AvgIpc) is 2.83. The zero-order valence-corrected chi connectivity index (χ0v) is 19.3. The molecule has 0 unspecified atom stereocenters. The fraction of sp³-hybridized carbons (Fsp3) is 0.120. The molecule has 3 aromatic rings. The summed E-state index contributed by atoms with van der Waals surface area (Å²) in [6, 6.07) is 20.0. The average molecular weight is 496 g/mol. The second kappa shape index (κ2) is 10.3. The molecule has 0 heterocycles. The molecule has 0 saturated heterocycles. The molecular weight excluding hydrogens is 473 g/mol. The molecule has 0 spiro atoms. The summed E-state index contributed by atoms with van der Waals surface area (Å²) in [5, 5.41) is 14.7. The zero-order chi connectivity index (χ0) is 23.3. The number of nitrogens with two attached hydrogens (primary N) is 1. The van der Waals surface area contributed by atoms with Gasteiger partial charge in [-0.15, -0.1) is 0 Å². The van der Waals surface area contributed by atoms with Crippen LogP contribution < -0.4 is 11.1 Å². The van der Waals surface area contributed by atoms with Gasteiger partial charge in [0.25, 0.3) is 5.91 Å². The minimum Gasteiger partial charge on any atom is -0.411 e. The Morgan fingerprint density at radius 2 is 1.78 bits per heavy atom. The molecule has 0 aliphatic carbocycles. The van der Waals surface area contributed by atoms with Gasteiger partial charge in [0.15, 0.2) is 5.83 Å². The van der Waals surface area contributed by atoms with Crippen molar-refractivity contribution in [1.29, 1.82) is 0 Å². The van der Waals surface area contributed by atoms with E-state index in [0.29, 0.717) is 33.5 Å². The van der Waals surface area contributed by atoms with Crippen molar-refractivity contribution in [3.63, 3.8) is 0 Å². The van der Waals surface area contributed by atoms with Crippen LogP contribution in [0.25, 0.3) is 16.7 Å². The third-order valence-corrected chi connectivity index (χ3v) is 5.81. The highest BCUT2D eigenvalue weighted by Crippen LogP contribution is 2.31. The maximum atomic E-state index is 14.9. The Morgan fingerprint density at radius 1 is 1.06 bits per heavy atom. The quantitative estimate of drug-likeness (QED) is 0.167. The van der Waals surface area contributed by atoms with E-state index in [4.69, 9.17) is 10.9 Å². The minimum atomic E-state index is -0.898. The summed E-state index contributed by atoms with van der Waals surface area (Å²) in [5.74, 6) is -1.75. The van der Waals surface area contributed by atoms with Crippen molar-refractivity contribution in [3.05, 3.63) is 93.7 Å². The van der Waals surface area contributed by atoms with Crippen LogP contribution in [0.2, 0.25) is 0 Å². The first-order valence-corrected chi connectivity index (χ1v) is 10.7. The van der Waals surface area contributed by atoms with Crippen molar-refractivity contribution < 1.29 is 14.4 Å². The molecule has 0 aliphatic heterocycles. The van der Waals surface area contributed by atoms with Crippen LogP contribution in [0.3, 0.4) is 0 Å². The Bertz CT molecular complexity index is 1220. The first-order chi connectivity index (χ1) is 15.3. The summed E-state index contributed by atoms with van der Waals surface area (Å²) < 4.78 is 15.5. The Labute approximate surface area is 194 Å². The van der Waals surface area contributed by atoms with Gasteiger partial charge in [0.1, 0.15) is 0 Å². The molecule has 0 bridgehead atoms. The minimum absolute atomic E-state index is 0.180. The van der Waals surface area contributed by atoms with Gasteiger partial charge in [0.2, 0.25) is 0 Å². The number of amides is 1. The predicted octanol–water partition coefficient (Wildman–Crippen LogP) is 6.11. The topological polar surface area (TPSA) is 87.7 Å². The van der Waals surface area contributed by atoms with Crippen molar-refractivity contribution in [1.82, 2.24) is 0 Å². The maximum Gasteiger partial charge on any atom is 0.284 e. The molecule has 1 amide bonds. The number of rotatable bonds is 6. The molecule has 0 fully saturated rings. The van der Waals surface area contributed by atoms with Crippen LogP contribution in [0.5, 0.6) is 0 Å². The van der Waals surface area contributed by atoms with E-state index < -0.39 is 11.7 Å². The number of nitrogens with zero attached hydrogens (tertiary/aromatic N) is 1. The molecule has 0 atom stereocenters. The lowest BCUT2D eigenvalue weighted by Gasteiger charge is -2.12. The van der Waals surface area contributed by atoms with Gasteiger partial charge in [0, 0.05) is 11.0 Å². The van der Waals surface area contributed by atoms with Crippen LogP contribution >= 0.6 is 15.9 Å². The molecule has 0 saturated carbocycles. The fourth-order valence-electron chi connectivity index (χ4n) is 3.27. The number of oxime groups is 1. The molecule has 0 aromatic heterocycles. The summed E-state index contributed by atoms with van der Waals surface area (Å²) in [4.78, 5) is 12.6. The molecule has 0 aliphatic rings. The second-order valence-corrected chi connectivity index (χ2v) is 8.07. The van der Waals surface area contributed by atoms with Crippen LogP contribution in [0.15, 0.2) is 82.2 Å². The molecule has 32 heavy (non-hydrogen) atoms. The standard InChI is InChI=1S/C25H23BrFN3O2/c1-15(17-7-5-8-18(12-17)16(2)30-32)24(27)25(31)29-23-11-10-19(13-22(23)26)21-9-4-3-6-20(21)14-28/h3-13,32H,14,28H2,1-2H3,(H,29,31)/b24-15+,30-16-. The summed E-state index contributed by atoms with van der Waals surface area (Å²) >= 11 is 3.46. The number of benzene rings is 3. The van der Waals surface area contributed by atoms with Crippen molar-refractivity contribution in [2.75, 3.05) is 5.32 Å². The smallest absolute Gasteiger partial charge is 0.284 e. The number of hydrogen-bond donors (Lipinski definition) is 3. The number of carbonyl (C=O) groups excluding carboxylic acids is 1. The number of carbonyl (C=O) groups is 1. The highest BCUT2D eigenvalue weighted by Gasteiger charge is 2.16. The highest BCUT2D eigenvalue weighted by atomic mass is 79.9. The van der Waals surface area contributed by atoms with E-state index in [0.717, 1.165) is 16.7 Å². The summed E-state index contributed by atoms with van der Waals surface area (Å²) in [6.45, 7) is 3.57. The van der Waals surface area contributed by atoms with Gasteiger partial charge < -0.3 is 16.3 Å². The summed E-state index contributed by atoms with van der Waals surface area (Å²) in [6.07, 6.45) is 0. The third kappa shape index (κ3) is 5.12. The largest absolute Gasteiger partial charge is 0.411 e. The molecule has 164 valence electrons. The molecule has 3 aromatic carbocycles. The van der Waals surface area contributed by atoms with Gasteiger partial charge in [0.05, 0.1) is 11.4 Å². The van der Waals surface area contributed by atoms with Crippen LogP contribution in [0.1, 0.15) is 30.5 Å². The zero-order valence-electron chi connectivity index (χ0n) is 17.7. The van der Waals surface area contributed by atoms with E-state index in [1.54, 1.807) is 37.3 Å². The summed E-state index contributed by atoms with van der Waals surface area (Å²) in [7, 11) is 0. The molecule has 5 nitrogen and oxygen atoms in total. The fourth-order valence-corrected chi connectivity index (χ4v) is 3.75. The van der Waals surface area contributed by atoms with Gasteiger partial charge in [-0.3, -0.25) is 4.79 Å². The SMILES string of the molecule is C/C(=N/O)c1cccc(/C(C)=C(/F)C(=O)Nc2ccc(-c3ccccc3CN)cc2Br)c1. The van der Waals surface area contributed by atoms with Gasteiger partial charge in [-0.1, -0.05) is 53.7 Å². The van der Waals surface area contributed by atoms with Gasteiger partial charge in [-0.2, -0.15) is 0 Å². The van der Waals surface area contributed by atoms with Crippen LogP contribution in [-0.2, 0) is 11.3 Å². The maximum absolute atomic E-state index is 14.9. The second-order valence-electron chi connectivity index (χ2n) is 7.22. The lowest BCUT2D eigenvalue weighted by Crippen LogP contribution is -2.13. The first-order valence-electron chi connectivity index (χ1n) is 9.90. The van der Waals surface area contributed by atoms with E-state index in [2.05, 4.69) is 26.4 Å². The van der Waals surface area contributed by atoms with Crippen LogP contribution in [-0.4, -0.2) is 16.8 Å². The first kappa shape index (κ1) is 23.4. The molecule has 4 N–H and O–H groups in total.